The number of carbonyl (C=O) groups excluding carboxylic acids is 1. The Labute approximate surface area is 115 Å². The lowest BCUT2D eigenvalue weighted by molar-refractivity contribution is -0.116. The highest BCUT2D eigenvalue weighted by molar-refractivity contribution is 5.93. The van der Waals surface area contributed by atoms with E-state index >= 15 is 0 Å². The number of aryl methyl sites for hydroxylation is 1. The number of aromatic nitrogens is 4. The number of carbonyl (C=O) groups is 1. The average molecular weight is 267 g/mol. The molecule has 0 atom stereocenters. The van der Waals surface area contributed by atoms with Gasteiger partial charge in [0.05, 0.1) is 11.7 Å². The van der Waals surface area contributed by atoms with Gasteiger partial charge in [-0.15, -0.1) is 0 Å². The summed E-state index contributed by atoms with van der Waals surface area (Å²) < 4.78 is 0. The molecule has 0 aliphatic heterocycles. The molecule has 1 aromatic carbocycles. The summed E-state index contributed by atoms with van der Waals surface area (Å²) in [5, 5.41) is 10.7. The van der Waals surface area contributed by atoms with Crippen molar-refractivity contribution in [2.45, 2.75) is 12.8 Å². The Kier molecular flexibility index (Phi) is 3.36. The number of benzene rings is 1. The van der Waals surface area contributed by atoms with Gasteiger partial charge in [0.15, 0.2) is 0 Å². The van der Waals surface area contributed by atoms with Crippen molar-refractivity contribution in [1.29, 1.82) is 0 Å². The van der Waals surface area contributed by atoms with E-state index in [1.165, 1.54) is 6.33 Å². The van der Waals surface area contributed by atoms with E-state index in [-0.39, 0.29) is 5.91 Å². The van der Waals surface area contributed by atoms with E-state index in [4.69, 9.17) is 0 Å². The minimum absolute atomic E-state index is 0.0345. The van der Waals surface area contributed by atoms with Crippen molar-refractivity contribution in [1.82, 2.24) is 20.2 Å². The highest BCUT2D eigenvalue weighted by Crippen LogP contribution is 2.16. The third-order valence-corrected chi connectivity index (χ3v) is 2.98. The molecule has 20 heavy (non-hydrogen) atoms. The lowest BCUT2D eigenvalue weighted by Crippen LogP contribution is -2.12. The summed E-state index contributed by atoms with van der Waals surface area (Å²) in [5.41, 5.74) is 2.61. The summed E-state index contributed by atoms with van der Waals surface area (Å²) in [7, 11) is 0. The minimum atomic E-state index is -0.0345. The number of anilines is 1. The molecule has 6 nitrogen and oxygen atoms in total. The minimum Gasteiger partial charge on any atom is -0.326 e. The van der Waals surface area contributed by atoms with Crippen molar-refractivity contribution in [3.8, 4) is 0 Å². The van der Waals surface area contributed by atoms with Crippen LogP contribution in [0.4, 0.5) is 5.69 Å². The fraction of sp³-hybridized carbons (Fsp3) is 0.143. The van der Waals surface area contributed by atoms with Crippen molar-refractivity contribution >= 4 is 22.5 Å². The number of amides is 1. The predicted molar refractivity (Wildman–Crippen MR) is 75.1 cm³/mol. The van der Waals surface area contributed by atoms with Crippen LogP contribution in [0.5, 0.6) is 0 Å². The maximum Gasteiger partial charge on any atom is 0.224 e. The number of fused-ring (bicyclic) bond motifs is 1. The molecule has 0 aliphatic rings. The van der Waals surface area contributed by atoms with Crippen molar-refractivity contribution in [2.24, 2.45) is 0 Å². The first kappa shape index (κ1) is 12.3. The molecule has 2 N–H and O–H groups in total. The fourth-order valence-corrected chi connectivity index (χ4v) is 1.96. The average Bonchev–Trinajstić information content (AvgIpc) is 2.94. The van der Waals surface area contributed by atoms with Crippen LogP contribution in [0.2, 0.25) is 0 Å². The molecule has 0 bridgehead atoms. The Bertz CT molecular complexity index is 723. The van der Waals surface area contributed by atoms with Crippen LogP contribution < -0.4 is 5.32 Å². The Hall–Kier alpha value is -2.76. The van der Waals surface area contributed by atoms with Gasteiger partial charge in [-0.05, 0) is 30.2 Å². The van der Waals surface area contributed by atoms with Gasteiger partial charge < -0.3 is 5.32 Å². The van der Waals surface area contributed by atoms with Gasteiger partial charge in [0.25, 0.3) is 0 Å². The van der Waals surface area contributed by atoms with E-state index in [9.17, 15) is 4.79 Å². The smallest absolute Gasteiger partial charge is 0.224 e. The molecule has 0 saturated carbocycles. The summed E-state index contributed by atoms with van der Waals surface area (Å²) in [6, 6.07) is 5.65. The summed E-state index contributed by atoms with van der Waals surface area (Å²) in [4.78, 5) is 19.7. The van der Waals surface area contributed by atoms with E-state index in [0.717, 1.165) is 22.2 Å². The molecule has 100 valence electrons. The SMILES string of the molecule is O=C(CCc1cncnc1)Nc1ccc2cn[nH]c2c1. The molecular weight excluding hydrogens is 254 g/mol. The van der Waals surface area contributed by atoms with Crippen molar-refractivity contribution in [2.75, 3.05) is 5.32 Å². The zero-order valence-corrected chi connectivity index (χ0v) is 10.7. The first-order valence-corrected chi connectivity index (χ1v) is 6.28. The van der Waals surface area contributed by atoms with Crippen LogP contribution in [-0.2, 0) is 11.2 Å². The summed E-state index contributed by atoms with van der Waals surface area (Å²) >= 11 is 0. The maximum atomic E-state index is 11.9. The second-order valence-electron chi connectivity index (χ2n) is 4.47. The topological polar surface area (TPSA) is 83.6 Å². The van der Waals surface area contributed by atoms with E-state index in [0.29, 0.717) is 12.8 Å². The third-order valence-electron chi connectivity index (χ3n) is 2.98. The third kappa shape index (κ3) is 2.80. The predicted octanol–water partition coefficient (Wildman–Crippen LogP) is 1.92. The molecule has 0 fully saturated rings. The lowest BCUT2D eigenvalue weighted by atomic mass is 10.2. The van der Waals surface area contributed by atoms with E-state index in [1.54, 1.807) is 18.6 Å². The highest BCUT2D eigenvalue weighted by Gasteiger charge is 2.05. The quantitative estimate of drug-likeness (QED) is 0.756. The van der Waals surface area contributed by atoms with Gasteiger partial charge in [-0.3, -0.25) is 9.89 Å². The lowest BCUT2D eigenvalue weighted by Gasteiger charge is -2.05. The van der Waals surface area contributed by atoms with Gasteiger partial charge in [-0.2, -0.15) is 5.10 Å². The summed E-state index contributed by atoms with van der Waals surface area (Å²) in [6.07, 6.45) is 7.68. The molecule has 0 unspecified atom stereocenters. The van der Waals surface area contributed by atoms with Gasteiger partial charge in [0, 0.05) is 29.9 Å². The standard InChI is InChI=1S/C14H13N5O/c20-14(4-1-10-6-15-9-16-7-10)18-12-3-2-11-8-17-19-13(11)5-12/h2-3,5-9H,1,4H2,(H,17,19)(H,18,20). The van der Waals surface area contributed by atoms with Crippen LogP contribution in [0.15, 0.2) is 43.1 Å². The molecule has 2 aromatic heterocycles. The van der Waals surface area contributed by atoms with Crippen molar-refractivity contribution in [3.63, 3.8) is 0 Å². The Balaban J connectivity index is 1.61. The number of nitrogens with one attached hydrogen (secondary N) is 2. The number of hydrogen-bond acceptors (Lipinski definition) is 4. The molecule has 0 aliphatic carbocycles. The first-order valence-electron chi connectivity index (χ1n) is 6.28. The molecule has 6 heteroatoms. The zero-order valence-electron chi connectivity index (χ0n) is 10.7. The number of rotatable bonds is 4. The molecule has 2 heterocycles. The fourth-order valence-electron chi connectivity index (χ4n) is 1.96. The van der Waals surface area contributed by atoms with Gasteiger partial charge in [-0.1, -0.05) is 0 Å². The van der Waals surface area contributed by atoms with Crippen molar-refractivity contribution < 1.29 is 4.79 Å². The maximum absolute atomic E-state index is 11.9. The Morgan fingerprint density at radius 3 is 2.90 bits per heavy atom. The Morgan fingerprint density at radius 2 is 2.05 bits per heavy atom. The van der Waals surface area contributed by atoms with Crippen molar-refractivity contribution in [3.05, 3.63) is 48.7 Å². The second kappa shape index (κ2) is 5.48. The molecule has 0 saturated heterocycles. The van der Waals surface area contributed by atoms with Crippen LogP contribution >= 0.6 is 0 Å². The molecule has 1 amide bonds. The normalized spacial score (nSPS) is 10.6. The number of H-pyrrole nitrogens is 1. The van der Waals surface area contributed by atoms with Gasteiger partial charge in [0.1, 0.15) is 6.33 Å². The Morgan fingerprint density at radius 1 is 1.20 bits per heavy atom. The van der Waals surface area contributed by atoms with Gasteiger partial charge in [-0.25, -0.2) is 9.97 Å². The van der Waals surface area contributed by atoms with Crippen LogP contribution in [0.3, 0.4) is 0 Å². The zero-order chi connectivity index (χ0) is 13.8. The number of hydrogen-bond donors (Lipinski definition) is 2. The molecule has 0 radical (unpaired) electrons. The van der Waals surface area contributed by atoms with Crippen LogP contribution in [-0.4, -0.2) is 26.1 Å². The summed E-state index contributed by atoms with van der Waals surface area (Å²) in [6.45, 7) is 0. The van der Waals surface area contributed by atoms with Crippen LogP contribution in [0, 0.1) is 0 Å². The molecule has 3 aromatic rings. The van der Waals surface area contributed by atoms with E-state index in [1.807, 2.05) is 18.2 Å². The summed E-state index contributed by atoms with van der Waals surface area (Å²) in [5.74, 6) is -0.0345. The van der Waals surface area contributed by atoms with Crippen LogP contribution in [0.1, 0.15) is 12.0 Å². The molecule has 3 rings (SSSR count). The largest absolute Gasteiger partial charge is 0.326 e. The van der Waals surface area contributed by atoms with E-state index < -0.39 is 0 Å². The monoisotopic (exact) mass is 267 g/mol. The number of aromatic amines is 1. The number of nitrogens with zero attached hydrogens (tertiary/aromatic N) is 3. The molecule has 0 spiro atoms. The second-order valence-corrected chi connectivity index (χ2v) is 4.47. The van der Waals surface area contributed by atoms with Crippen LogP contribution in [0.25, 0.3) is 10.9 Å². The molecular formula is C14H13N5O. The highest BCUT2D eigenvalue weighted by atomic mass is 16.1. The van der Waals surface area contributed by atoms with Gasteiger partial charge in [0.2, 0.25) is 5.91 Å². The van der Waals surface area contributed by atoms with E-state index in [2.05, 4.69) is 25.5 Å². The van der Waals surface area contributed by atoms with Gasteiger partial charge >= 0.3 is 0 Å². The first-order chi connectivity index (χ1) is 9.81.